The highest BCUT2D eigenvalue weighted by atomic mass is 16.5. The molecule has 1 fully saturated rings. The van der Waals surface area contributed by atoms with Crippen molar-refractivity contribution in [3.05, 3.63) is 42.0 Å². The summed E-state index contributed by atoms with van der Waals surface area (Å²) in [6.45, 7) is 0. The number of benzene rings is 2. The van der Waals surface area contributed by atoms with Gasteiger partial charge in [0.05, 0.1) is 13.2 Å². The second-order valence-electron chi connectivity index (χ2n) is 5.44. The third-order valence-electron chi connectivity index (χ3n) is 4.03. The molecule has 0 spiro atoms. The van der Waals surface area contributed by atoms with E-state index in [0.29, 0.717) is 0 Å². The van der Waals surface area contributed by atoms with Gasteiger partial charge < -0.3 is 9.84 Å². The summed E-state index contributed by atoms with van der Waals surface area (Å²) in [5.41, 5.74) is 0.946. The summed E-state index contributed by atoms with van der Waals surface area (Å²) in [5.74, 6) is 1.64. The van der Waals surface area contributed by atoms with Crippen LogP contribution in [-0.4, -0.2) is 12.2 Å². The lowest BCUT2D eigenvalue weighted by Crippen LogP contribution is -2.02. The van der Waals surface area contributed by atoms with Crippen LogP contribution in [0.15, 0.2) is 36.4 Å². The van der Waals surface area contributed by atoms with Crippen LogP contribution in [0.1, 0.15) is 37.4 Å². The Bertz CT molecular complexity index is 572. The molecule has 1 aliphatic rings. The molecule has 0 radical (unpaired) electrons. The van der Waals surface area contributed by atoms with E-state index < -0.39 is 6.10 Å². The summed E-state index contributed by atoms with van der Waals surface area (Å²) in [4.78, 5) is 0. The van der Waals surface area contributed by atoms with E-state index in [9.17, 15) is 5.11 Å². The highest BCUT2D eigenvalue weighted by Gasteiger charge is 2.24. The van der Waals surface area contributed by atoms with Crippen LogP contribution in [0.2, 0.25) is 0 Å². The number of aliphatic hydroxyl groups is 1. The lowest BCUT2D eigenvalue weighted by Gasteiger charge is -2.17. The van der Waals surface area contributed by atoms with Crippen molar-refractivity contribution >= 4 is 10.8 Å². The monoisotopic (exact) mass is 256 g/mol. The first-order chi connectivity index (χ1) is 9.29. The van der Waals surface area contributed by atoms with Gasteiger partial charge in [-0.25, -0.2) is 0 Å². The Hall–Kier alpha value is -1.54. The number of hydrogen-bond acceptors (Lipinski definition) is 2. The van der Waals surface area contributed by atoms with E-state index in [-0.39, 0.29) is 0 Å². The standard InChI is InChI=1S/C17H20O2/c1-19-16-11-9-13-4-2-3-5-14(13)17(16)15(18)10-8-12-6-7-12/h2-5,9,11-12,15,18H,6-8,10H2,1H3. The van der Waals surface area contributed by atoms with Crippen molar-refractivity contribution in [1.29, 1.82) is 0 Å². The van der Waals surface area contributed by atoms with Gasteiger partial charge in [-0.05, 0) is 35.6 Å². The Morgan fingerprint density at radius 1 is 1.21 bits per heavy atom. The molecule has 0 aliphatic heterocycles. The molecule has 2 heteroatoms. The van der Waals surface area contributed by atoms with Crippen molar-refractivity contribution in [1.82, 2.24) is 0 Å². The number of methoxy groups -OCH3 is 1. The molecule has 1 N–H and O–H groups in total. The Labute approximate surface area is 114 Å². The lowest BCUT2D eigenvalue weighted by molar-refractivity contribution is 0.160. The van der Waals surface area contributed by atoms with E-state index in [1.807, 2.05) is 24.3 Å². The fraction of sp³-hybridized carbons (Fsp3) is 0.412. The molecule has 0 amide bonds. The minimum atomic E-state index is -0.429. The topological polar surface area (TPSA) is 29.5 Å². The molecule has 1 atom stereocenters. The van der Waals surface area contributed by atoms with E-state index >= 15 is 0 Å². The van der Waals surface area contributed by atoms with E-state index in [2.05, 4.69) is 12.1 Å². The van der Waals surface area contributed by atoms with Gasteiger partial charge in [-0.2, -0.15) is 0 Å². The Morgan fingerprint density at radius 2 is 2.00 bits per heavy atom. The summed E-state index contributed by atoms with van der Waals surface area (Å²) in [6, 6.07) is 12.2. The summed E-state index contributed by atoms with van der Waals surface area (Å²) < 4.78 is 5.44. The predicted octanol–water partition coefficient (Wildman–Crippen LogP) is 4.07. The molecule has 100 valence electrons. The maximum atomic E-state index is 10.5. The van der Waals surface area contributed by atoms with Gasteiger partial charge in [-0.15, -0.1) is 0 Å². The van der Waals surface area contributed by atoms with Crippen LogP contribution in [0.4, 0.5) is 0 Å². The molecule has 19 heavy (non-hydrogen) atoms. The normalized spacial score (nSPS) is 16.5. The average Bonchev–Trinajstić information content (AvgIpc) is 3.27. The quantitative estimate of drug-likeness (QED) is 0.873. The summed E-state index contributed by atoms with van der Waals surface area (Å²) in [6.07, 6.45) is 4.18. The van der Waals surface area contributed by atoms with E-state index in [0.717, 1.165) is 40.8 Å². The first-order valence-corrected chi connectivity index (χ1v) is 7.03. The number of aliphatic hydroxyl groups excluding tert-OH is 1. The maximum Gasteiger partial charge on any atom is 0.125 e. The third-order valence-corrected chi connectivity index (χ3v) is 4.03. The van der Waals surface area contributed by atoms with Crippen LogP contribution in [0, 0.1) is 5.92 Å². The summed E-state index contributed by atoms with van der Waals surface area (Å²) in [5, 5.41) is 12.8. The van der Waals surface area contributed by atoms with Gasteiger partial charge in [-0.3, -0.25) is 0 Å². The van der Waals surface area contributed by atoms with Crippen molar-refractivity contribution in [2.45, 2.75) is 31.8 Å². The summed E-state index contributed by atoms with van der Waals surface area (Å²) >= 11 is 0. The van der Waals surface area contributed by atoms with Crippen molar-refractivity contribution in [2.24, 2.45) is 5.92 Å². The van der Waals surface area contributed by atoms with E-state index in [4.69, 9.17) is 4.74 Å². The zero-order chi connectivity index (χ0) is 13.2. The SMILES string of the molecule is COc1ccc2ccccc2c1C(O)CCC1CC1. The van der Waals surface area contributed by atoms with Crippen LogP contribution in [0.5, 0.6) is 5.75 Å². The van der Waals surface area contributed by atoms with Crippen LogP contribution in [0.3, 0.4) is 0 Å². The smallest absolute Gasteiger partial charge is 0.125 e. The molecule has 0 aromatic heterocycles. The number of hydrogen-bond donors (Lipinski definition) is 1. The fourth-order valence-electron chi connectivity index (χ4n) is 2.74. The summed E-state index contributed by atoms with van der Waals surface area (Å²) in [7, 11) is 1.67. The van der Waals surface area contributed by atoms with Gasteiger partial charge in [-0.1, -0.05) is 43.2 Å². The number of fused-ring (bicyclic) bond motifs is 1. The second-order valence-corrected chi connectivity index (χ2v) is 5.44. The van der Waals surface area contributed by atoms with Gasteiger partial charge in [0.25, 0.3) is 0 Å². The van der Waals surface area contributed by atoms with Gasteiger partial charge in [0.1, 0.15) is 5.75 Å². The molecular weight excluding hydrogens is 236 g/mol. The molecule has 0 heterocycles. The average molecular weight is 256 g/mol. The van der Waals surface area contributed by atoms with Crippen molar-refractivity contribution in [3.8, 4) is 5.75 Å². The van der Waals surface area contributed by atoms with Crippen LogP contribution < -0.4 is 4.74 Å². The molecule has 2 aromatic carbocycles. The fourth-order valence-corrected chi connectivity index (χ4v) is 2.74. The van der Waals surface area contributed by atoms with Crippen molar-refractivity contribution in [3.63, 3.8) is 0 Å². The zero-order valence-corrected chi connectivity index (χ0v) is 11.3. The van der Waals surface area contributed by atoms with Gasteiger partial charge >= 0.3 is 0 Å². The van der Waals surface area contributed by atoms with Crippen LogP contribution in [0.25, 0.3) is 10.8 Å². The zero-order valence-electron chi connectivity index (χ0n) is 11.3. The highest BCUT2D eigenvalue weighted by molar-refractivity contribution is 5.88. The van der Waals surface area contributed by atoms with E-state index in [1.165, 1.54) is 12.8 Å². The molecule has 2 aromatic rings. The molecule has 1 unspecified atom stereocenters. The molecule has 1 saturated carbocycles. The number of ether oxygens (including phenoxy) is 1. The van der Waals surface area contributed by atoms with Crippen LogP contribution in [-0.2, 0) is 0 Å². The highest BCUT2D eigenvalue weighted by Crippen LogP contribution is 2.39. The maximum absolute atomic E-state index is 10.5. The Kier molecular flexibility index (Phi) is 3.43. The van der Waals surface area contributed by atoms with Crippen molar-refractivity contribution < 1.29 is 9.84 Å². The molecule has 2 nitrogen and oxygen atoms in total. The molecule has 3 rings (SSSR count). The Balaban J connectivity index is 1.97. The van der Waals surface area contributed by atoms with Crippen molar-refractivity contribution in [2.75, 3.05) is 7.11 Å². The van der Waals surface area contributed by atoms with Gasteiger partial charge in [0.2, 0.25) is 0 Å². The third kappa shape index (κ3) is 2.59. The molecular formula is C17H20O2. The minimum absolute atomic E-state index is 0.429. The predicted molar refractivity (Wildman–Crippen MR) is 77.4 cm³/mol. The number of rotatable bonds is 5. The second kappa shape index (κ2) is 5.22. The first-order valence-electron chi connectivity index (χ1n) is 7.03. The molecule has 0 bridgehead atoms. The first kappa shape index (κ1) is 12.5. The lowest BCUT2D eigenvalue weighted by atomic mass is 9.96. The molecule has 1 aliphatic carbocycles. The Morgan fingerprint density at radius 3 is 2.74 bits per heavy atom. The van der Waals surface area contributed by atoms with Gasteiger partial charge in [0.15, 0.2) is 0 Å². The van der Waals surface area contributed by atoms with Crippen LogP contribution >= 0.6 is 0 Å². The minimum Gasteiger partial charge on any atom is -0.496 e. The largest absolute Gasteiger partial charge is 0.496 e. The van der Waals surface area contributed by atoms with E-state index in [1.54, 1.807) is 7.11 Å². The van der Waals surface area contributed by atoms with Gasteiger partial charge in [0, 0.05) is 5.56 Å². The molecule has 0 saturated heterocycles.